The highest BCUT2D eigenvalue weighted by Gasteiger charge is 2.93. The quantitative estimate of drug-likeness (QED) is 0.361. The minimum absolute atomic E-state index is 1.65. The predicted molar refractivity (Wildman–Crippen MR) is 48.7 cm³/mol. The first-order chi connectivity index (χ1) is 12.0. The molecule has 1 unspecified atom stereocenters. The molecule has 0 amide bonds. The SMILES string of the molecule is O=C(F)C(F)(F)C(F)(C(=O)F)C(F)(F)N1C(F)(F)C(F)(F)OC(F)(F)C1(F)F. The summed E-state index contributed by atoms with van der Waals surface area (Å²) in [5, 5.41) is 0. The third kappa shape index (κ3) is 2.65. The standard InChI is InChI=1S/C9F15NO3/c10-1(26)3(12,4(13,14)2(11)27)5(15,16)25-6(17,18)8(21,22)28-9(23,24)7(25,19)20. The fraction of sp³-hybridized carbons (Fsp3) is 0.778. The van der Waals surface area contributed by atoms with Crippen LogP contribution in [0.4, 0.5) is 65.9 Å². The average molecular weight is 455 g/mol. The summed E-state index contributed by atoms with van der Waals surface area (Å²) in [6.07, 6.45) is -14.3. The van der Waals surface area contributed by atoms with E-state index in [-0.39, 0.29) is 0 Å². The molecule has 0 aromatic carbocycles. The molecule has 1 aliphatic rings. The fourth-order valence-electron chi connectivity index (χ4n) is 1.79. The van der Waals surface area contributed by atoms with Crippen LogP contribution in [0, 0.1) is 0 Å². The largest absolute Gasteiger partial charge is 0.439 e. The second-order valence-corrected chi connectivity index (χ2v) is 4.88. The summed E-state index contributed by atoms with van der Waals surface area (Å²) < 4.78 is 198. The second kappa shape index (κ2) is 5.86. The zero-order chi connectivity index (χ0) is 22.9. The van der Waals surface area contributed by atoms with Crippen molar-refractivity contribution in [2.24, 2.45) is 0 Å². The molecule has 1 aliphatic heterocycles. The second-order valence-electron chi connectivity index (χ2n) is 4.88. The number of ether oxygens (including phenoxy) is 1. The minimum atomic E-state index is -8.12. The number of nitrogens with zero attached hydrogens (tertiary/aromatic N) is 1. The van der Waals surface area contributed by atoms with Crippen LogP contribution >= 0.6 is 0 Å². The van der Waals surface area contributed by atoms with E-state index in [4.69, 9.17) is 0 Å². The first-order valence-corrected chi connectivity index (χ1v) is 5.82. The fourth-order valence-corrected chi connectivity index (χ4v) is 1.79. The summed E-state index contributed by atoms with van der Waals surface area (Å²) in [6.45, 7) is 0. The van der Waals surface area contributed by atoms with E-state index >= 15 is 0 Å². The molecule has 0 aromatic heterocycles. The van der Waals surface area contributed by atoms with Crippen molar-refractivity contribution in [3.8, 4) is 0 Å². The highest BCUT2D eigenvalue weighted by molar-refractivity contribution is 5.91. The van der Waals surface area contributed by atoms with Gasteiger partial charge >= 0.3 is 54.0 Å². The Labute approximate surface area is 140 Å². The molecular formula is C9F15NO3. The lowest BCUT2D eigenvalue weighted by molar-refractivity contribution is -0.591. The Bertz CT molecular complexity index is 664. The van der Waals surface area contributed by atoms with Gasteiger partial charge in [0.05, 0.1) is 0 Å². The summed E-state index contributed by atoms with van der Waals surface area (Å²) in [7, 11) is 0. The van der Waals surface area contributed by atoms with E-state index in [1.54, 1.807) is 4.74 Å². The lowest BCUT2D eigenvalue weighted by Gasteiger charge is -2.51. The van der Waals surface area contributed by atoms with Crippen molar-refractivity contribution in [1.82, 2.24) is 4.90 Å². The lowest BCUT2D eigenvalue weighted by Crippen LogP contribution is -2.82. The third-order valence-electron chi connectivity index (χ3n) is 3.16. The molecular weight excluding hydrogens is 455 g/mol. The molecule has 0 spiro atoms. The van der Waals surface area contributed by atoms with Gasteiger partial charge in [-0.1, -0.05) is 0 Å². The van der Waals surface area contributed by atoms with Gasteiger partial charge in [-0.25, -0.2) is 9.13 Å². The highest BCUT2D eigenvalue weighted by atomic mass is 19.4. The zero-order valence-corrected chi connectivity index (χ0v) is 11.8. The number of alkyl halides is 13. The molecule has 1 atom stereocenters. The van der Waals surface area contributed by atoms with Crippen molar-refractivity contribution in [3.05, 3.63) is 0 Å². The molecule has 4 nitrogen and oxygen atoms in total. The Hall–Kier alpha value is -1.79. The van der Waals surface area contributed by atoms with E-state index in [0.29, 0.717) is 0 Å². The van der Waals surface area contributed by atoms with Gasteiger partial charge in [-0.15, -0.1) is 4.90 Å². The Morgan fingerprint density at radius 2 is 1.00 bits per heavy atom. The number of carbonyl (C=O) groups is 2. The predicted octanol–water partition coefficient (Wildman–Crippen LogP) is 3.62. The van der Waals surface area contributed by atoms with Crippen molar-refractivity contribution in [2.45, 2.75) is 41.9 Å². The van der Waals surface area contributed by atoms with Gasteiger partial charge < -0.3 is 0 Å². The molecule has 0 aromatic rings. The number of rotatable bonds is 5. The van der Waals surface area contributed by atoms with Gasteiger partial charge in [0.15, 0.2) is 0 Å². The summed E-state index contributed by atoms with van der Waals surface area (Å²) in [4.78, 5) is 15.8. The van der Waals surface area contributed by atoms with Crippen LogP contribution in [0.2, 0.25) is 0 Å². The molecule has 28 heavy (non-hydrogen) atoms. The molecule has 1 saturated heterocycles. The van der Waals surface area contributed by atoms with Gasteiger partial charge in [0.2, 0.25) is 0 Å². The van der Waals surface area contributed by atoms with Crippen LogP contribution in [0.3, 0.4) is 0 Å². The molecule has 0 aliphatic carbocycles. The molecule has 0 bridgehead atoms. The van der Waals surface area contributed by atoms with Crippen LogP contribution in [0.5, 0.6) is 0 Å². The number of carbonyl (C=O) groups excluding carboxylic acids is 2. The maximum atomic E-state index is 13.8. The van der Waals surface area contributed by atoms with Crippen LogP contribution in [-0.2, 0) is 14.3 Å². The molecule has 1 rings (SSSR count). The first kappa shape index (κ1) is 24.2. The summed E-state index contributed by atoms with van der Waals surface area (Å²) in [5.41, 5.74) is -7.73. The zero-order valence-electron chi connectivity index (χ0n) is 11.8. The average Bonchev–Trinajstić information content (AvgIpc) is 2.41. The van der Waals surface area contributed by atoms with E-state index < -0.39 is 58.9 Å². The number of hydrogen-bond acceptors (Lipinski definition) is 4. The summed E-state index contributed by atoms with van der Waals surface area (Å²) >= 11 is 0. The maximum absolute atomic E-state index is 13.8. The van der Waals surface area contributed by atoms with Crippen LogP contribution < -0.4 is 0 Å². The smallest absolute Gasteiger partial charge is 0.257 e. The molecule has 19 heteroatoms. The van der Waals surface area contributed by atoms with E-state index in [1.807, 2.05) is 0 Å². The molecule has 0 radical (unpaired) electrons. The van der Waals surface area contributed by atoms with Crippen LogP contribution in [0.1, 0.15) is 0 Å². The van der Waals surface area contributed by atoms with E-state index in [2.05, 4.69) is 0 Å². The van der Waals surface area contributed by atoms with Crippen LogP contribution in [0.25, 0.3) is 0 Å². The Morgan fingerprint density at radius 3 is 1.25 bits per heavy atom. The Balaban J connectivity index is 3.97. The van der Waals surface area contributed by atoms with Gasteiger partial charge in [0.1, 0.15) is 0 Å². The highest BCUT2D eigenvalue weighted by Crippen LogP contribution is 2.62. The summed E-state index contributed by atoms with van der Waals surface area (Å²) in [5.74, 6) is -7.43. The molecule has 164 valence electrons. The molecule has 0 N–H and O–H groups in total. The maximum Gasteiger partial charge on any atom is 0.439 e. The molecule has 1 heterocycles. The van der Waals surface area contributed by atoms with Crippen molar-refractivity contribution in [3.63, 3.8) is 0 Å². The normalized spacial score (nSPS) is 26.4. The summed E-state index contributed by atoms with van der Waals surface area (Å²) in [6, 6.07) is -33.0. The van der Waals surface area contributed by atoms with Gasteiger partial charge in [-0.05, 0) is 0 Å². The first-order valence-electron chi connectivity index (χ1n) is 5.82. The lowest BCUT2D eigenvalue weighted by atomic mass is 9.93. The van der Waals surface area contributed by atoms with Gasteiger partial charge in [-0.2, -0.15) is 61.5 Å². The number of morpholine rings is 1. The van der Waals surface area contributed by atoms with Gasteiger partial charge in [-0.3, -0.25) is 9.59 Å². The minimum Gasteiger partial charge on any atom is -0.257 e. The van der Waals surface area contributed by atoms with Crippen LogP contribution in [-0.4, -0.2) is 58.9 Å². The number of hydrogen-bond donors (Lipinski definition) is 0. The van der Waals surface area contributed by atoms with Crippen molar-refractivity contribution in [1.29, 1.82) is 0 Å². The number of halogens is 15. The van der Waals surface area contributed by atoms with Gasteiger partial charge in [0, 0.05) is 0 Å². The molecule has 0 saturated carbocycles. The van der Waals surface area contributed by atoms with Crippen molar-refractivity contribution in [2.75, 3.05) is 0 Å². The van der Waals surface area contributed by atoms with E-state index in [9.17, 15) is 75.4 Å². The Kier molecular flexibility index (Phi) is 5.08. The van der Waals surface area contributed by atoms with E-state index in [1.165, 1.54) is 0 Å². The Morgan fingerprint density at radius 1 is 0.679 bits per heavy atom. The van der Waals surface area contributed by atoms with Gasteiger partial charge in [0.25, 0.3) is 0 Å². The van der Waals surface area contributed by atoms with Crippen LogP contribution in [0.15, 0.2) is 0 Å². The topological polar surface area (TPSA) is 46.6 Å². The third-order valence-corrected chi connectivity index (χ3v) is 3.16. The monoisotopic (exact) mass is 455 g/mol. The van der Waals surface area contributed by atoms with E-state index in [0.717, 1.165) is 0 Å². The van der Waals surface area contributed by atoms with Crippen molar-refractivity contribution < 1.29 is 80.2 Å². The van der Waals surface area contributed by atoms with Crippen molar-refractivity contribution >= 4 is 12.1 Å². The molecule has 1 fully saturated rings.